The molecule has 4 N–H and O–H groups in total. The molecular weight excluding hydrogens is 294 g/mol. The molecule has 9 nitrogen and oxygen atoms in total. The molecule has 22 heavy (non-hydrogen) atoms. The average Bonchev–Trinajstić information content (AvgIpc) is 2.49. The predicted molar refractivity (Wildman–Crippen MR) is 79.2 cm³/mol. The first kappa shape index (κ1) is 17.8. The first-order chi connectivity index (χ1) is 10.6. The molecule has 0 heterocycles. The van der Waals surface area contributed by atoms with E-state index in [4.69, 9.17) is 20.3 Å². The van der Waals surface area contributed by atoms with Crippen molar-refractivity contribution in [1.82, 2.24) is 0 Å². The van der Waals surface area contributed by atoms with E-state index in [9.17, 15) is 14.9 Å². The lowest BCUT2D eigenvalue weighted by Gasteiger charge is -2.09. The molecule has 0 amide bonds. The molecule has 0 bridgehead atoms. The number of hydrogen-bond acceptors (Lipinski definition) is 7. The van der Waals surface area contributed by atoms with Gasteiger partial charge in [-0.05, 0) is 12.1 Å². The van der Waals surface area contributed by atoms with Crippen molar-refractivity contribution in [2.24, 2.45) is 5.73 Å². The van der Waals surface area contributed by atoms with E-state index >= 15 is 0 Å². The Kier molecular flexibility index (Phi) is 7.83. The topological polar surface area (TPSA) is 137 Å². The lowest BCUT2D eigenvalue weighted by Crippen LogP contribution is -2.15. The summed E-state index contributed by atoms with van der Waals surface area (Å²) in [5.74, 6) is -1.15. The number of nitrogens with two attached hydrogens (primary N) is 1. The van der Waals surface area contributed by atoms with E-state index in [0.717, 1.165) is 6.07 Å². The minimum atomic E-state index is -1.15. The first-order valence-electron chi connectivity index (χ1n) is 6.67. The fourth-order valence-corrected chi connectivity index (χ4v) is 1.63. The predicted octanol–water partition coefficient (Wildman–Crippen LogP) is 0.697. The van der Waals surface area contributed by atoms with E-state index in [1.807, 2.05) is 0 Å². The maximum Gasteiger partial charge on any atom is 0.335 e. The monoisotopic (exact) mass is 313 g/mol. The van der Waals surface area contributed by atoms with Crippen LogP contribution >= 0.6 is 0 Å². The number of carbonyl (C=O) groups is 1. The van der Waals surface area contributed by atoms with E-state index in [-0.39, 0.29) is 16.9 Å². The van der Waals surface area contributed by atoms with Crippen LogP contribution in [-0.4, -0.2) is 55.5 Å². The summed E-state index contributed by atoms with van der Waals surface area (Å²) in [6.45, 7) is 2.34. The molecule has 1 rings (SSSR count). The fourth-order valence-electron chi connectivity index (χ4n) is 1.63. The van der Waals surface area contributed by atoms with Gasteiger partial charge in [0.2, 0.25) is 0 Å². The molecule has 0 unspecified atom stereocenters. The van der Waals surface area contributed by atoms with Gasteiger partial charge in [0.05, 0.1) is 36.9 Å². The lowest BCUT2D eigenvalue weighted by atomic mass is 10.1. The number of nitrogens with zero attached hydrogens (tertiary/aromatic N) is 1. The van der Waals surface area contributed by atoms with Gasteiger partial charge in [-0.25, -0.2) is 4.79 Å². The molecule has 1 aromatic carbocycles. The molecule has 0 radical (unpaired) electrons. The zero-order chi connectivity index (χ0) is 16.4. The Morgan fingerprint density at radius 2 is 1.95 bits per heavy atom. The van der Waals surface area contributed by atoms with Crippen LogP contribution in [0.2, 0.25) is 0 Å². The molecule has 0 spiro atoms. The summed E-state index contributed by atoms with van der Waals surface area (Å²) in [6.07, 6.45) is 0. The number of rotatable bonds is 11. The van der Waals surface area contributed by atoms with E-state index in [2.05, 4.69) is 5.32 Å². The summed E-state index contributed by atoms with van der Waals surface area (Å²) in [5, 5.41) is 22.6. The highest BCUT2D eigenvalue weighted by molar-refractivity contribution is 5.90. The number of benzene rings is 1. The molecule has 0 saturated carbocycles. The quantitative estimate of drug-likeness (QED) is 0.308. The Morgan fingerprint density at radius 3 is 2.55 bits per heavy atom. The number of hydrogen-bond donors (Lipinski definition) is 3. The van der Waals surface area contributed by atoms with Crippen molar-refractivity contribution in [3.05, 3.63) is 33.9 Å². The van der Waals surface area contributed by atoms with Gasteiger partial charge in [-0.2, -0.15) is 0 Å². The Bertz CT molecular complexity index is 509. The fraction of sp³-hybridized carbons (Fsp3) is 0.462. The molecule has 0 fully saturated rings. The maximum absolute atomic E-state index is 10.9. The molecule has 1 aromatic rings. The normalized spacial score (nSPS) is 10.4. The zero-order valence-corrected chi connectivity index (χ0v) is 12.0. The third-order valence-electron chi connectivity index (χ3n) is 2.64. The second-order valence-corrected chi connectivity index (χ2v) is 4.23. The average molecular weight is 313 g/mol. The van der Waals surface area contributed by atoms with E-state index in [1.54, 1.807) is 0 Å². The van der Waals surface area contributed by atoms with Crippen molar-refractivity contribution in [1.29, 1.82) is 0 Å². The van der Waals surface area contributed by atoms with E-state index in [0.29, 0.717) is 39.5 Å². The number of anilines is 1. The Morgan fingerprint density at radius 1 is 1.27 bits per heavy atom. The molecular formula is C13H19N3O6. The molecule has 0 aromatic heterocycles. The smallest absolute Gasteiger partial charge is 0.335 e. The minimum Gasteiger partial charge on any atom is -0.478 e. The number of aromatic carboxylic acids is 1. The summed E-state index contributed by atoms with van der Waals surface area (Å²) in [4.78, 5) is 21.2. The standard InChI is InChI=1S/C13H19N3O6/c14-3-5-21-7-8-22-6-4-15-11-9-10(13(17)18)1-2-12(11)16(19)20/h1-2,9,15H,3-8,14H2,(H,17,18). The summed E-state index contributed by atoms with van der Waals surface area (Å²) in [5.41, 5.74) is 5.19. The Balaban J connectivity index is 2.45. The first-order valence-corrected chi connectivity index (χ1v) is 6.67. The number of nitro groups is 1. The number of nitro benzene ring substituents is 1. The van der Waals surface area contributed by atoms with Gasteiger partial charge >= 0.3 is 5.97 Å². The summed E-state index contributed by atoms with van der Waals surface area (Å²) in [7, 11) is 0. The van der Waals surface area contributed by atoms with Crippen molar-refractivity contribution in [2.45, 2.75) is 0 Å². The van der Waals surface area contributed by atoms with Crippen LogP contribution in [0.15, 0.2) is 18.2 Å². The van der Waals surface area contributed by atoms with Crippen molar-refractivity contribution in [3.8, 4) is 0 Å². The van der Waals surface area contributed by atoms with Gasteiger partial charge in [-0.15, -0.1) is 0 Å². The van der Waals surface area contributed by atoms with Gasteiger partial charge in [0.25, 0.3) is 5.69 Å². The van der Waals surface area contributed by atoms with E-state index < -0.39 is 10.9 Å². The molecule has 0 aliphatic rings. The molecule has 0 atom stereocenters. The third-order valence-corrected chi connectivity index (χ3v) is 2.64. The zero-order valence-electron chi connectivity index (χ0n) is 12.0. The van der Waals surface area contributed by atoms with Crippen LogP contribution in [0.3, 0.4) is 0 Å². The highest BCUT2D eigenvalue weighted by Gasteiger charge is 2.16. The van der Waals surface area contributed by atoms with Crippen LogP contribution in [0.25, 0.3) is 0 Å². The second-order valence-electron chi connectivity index (χ2n) is 4.23. The largest absolute Gasteiger partial charge is 0.478 e. The highest BCUT2D eigenvalue weighted by atomic mass is 16.6. The third kappa shape index (κ3) is 6.04. The van der Waals surface area contributed by atoms with E-state index in [1.165, 1.54) is 12.1 Å². The van der Waals surface area contributed by atoms with Crippen LogP contribution in [0.1, 0.15) is 10.4 Å². The van der Waals surface area contributed by atoms with Gasteiger partial charge in [0.15, 0.2) is 0 Å². The highest BCUT2D eigenvalue weighted by Crippen LogP contribution is 2.25. The maximum atomic E-state index is 10.9. The van der Waals surface area contributed by atoms with Gasteiger partial charge in [-0.1, -0.05) is 0 Å². The van der Waals surface area contributed by atoms with Crippen LogP contribution in [0.5, 0.6) is 0 Å². The molecule has 0 saturated heterocycles. The van der Waals surface area contributed by atoms with Crippen LogP contribution in [0, 0.1) is 10.1 Å². The Hall–Kier alpha value is -2.23. The molecule has 122 valence electrons. The second kappa shape index (κ2) is 9.66. The van der Waals surface area contributed by atoms with Gasteiger partial charge in [-0.3, -0.25) is 10.1 Å². The molecule has 0 aliphatic heterocycles. The summed E-state index contributed by atoms with van der Waals surface area (Å²) < 4.78 is 10.4. The number of carboxylic acids is 1. The minimum absolute atomic E-state index is 0.0239. The SMILES string of the molecule is NCCOCCOCCNc1cc(C(=O)O)ccc1[N+](=O)[O-]. The van der Waals surface area contributed by atoms with Gasteiger partial charge in [0.1, 0.15) is 5.69 Å². The van der Waals surface area contributed by atoms with Crippen LogP contribution in [0.4, 0.5) is 11.4 Å². The molecule has 9 heteroatoms. The lowest BCUT2D eigenvalue weighted by molar-refractivity contribution is -0.384. The van der Waals surface area contributed by atoms with Crippen molar-refractivity contribution in [2.75, 3.05) is 44.8 Å². The van der Waals surface area contributed by atoms with Gasteiger partial charge in [0, 0.05) is 19.2 Å². The summed E-state index contributed by atoms with van der Waals surface area (Å²) in [6, 6.07) is 3.58. The number of carboxylic acid groups (broad SMARTS) is 1. The Labute approximate surface area is 127 Å². The van der Waals surface area contributed by atoms with Crippen LogP contribution < -0.4 is 11.1 Å². The number of ether oxygens (including phenoxy) is 2. The molecule has 0 aliphatic carbocycles. The van der Waals surface area contributed by atoms with Crippen molar-refractivity contribution >= 4 is 17.3 Å². The van der Waals surface area contributed by atoms with Crippen molar-refractivity contribution in [3.63, 3.8) is 0 Å². The van der Waals surface area contributed by atoms with Crippen LogP contribution in [-0.2, 0) is 9.47 Å². The van der Waals surface area contributed by atoms with Gasteiger partial charge < -0.3 is 25.6 Å². The summed E-state index contributed by atoms with van der Waals surface area (Å²) >= 11 is 0. The number of nitrogens with one attached hydrogen (secondary N) is 1. The van der Waals surface area contributed by atoms with Crippen molar-refractivity contribution < 1.29 is 24.3 Å².